The number of amides is 1. The van der Waals surface area contributed by atoms with Crippen LogP contribution in [-0.2, 0) is 4.74 Å². The van der Waals surface area contributed by atoms with E-state index in [0.29, 0.717) is 17.8 Å². The van der Waals surface area contributed by atoms with Gasteiger partial charge in [-0.15, -0.1) is 12.4 Å². The van der Waals surface area contributed by atoms with Crippen LogP contribution < -0.4 is 10.6 Å². The molecule has 0 spiro atoms. The third-order valence-corrected chi connectivity index (χ3v) is 5.28. The summed E-state index contributed by atoms with van der Waals surface area (Å²) >= 11 is 0. The molecule has 2 saturated heterocycles. The molecular weight excluding hydrogens is 300 g/mol. The predicted molar refractivity (Wildman–Crippen MR) is 87.9 cm³/mol. The lowest BCUT2D eigenvalue weighted by Gasteiger charge is -2.24. The Morgan fingerprint density at radius 3 is 2.73 bits per heavy atom. The molecule has 3 aliphatic rings. The first-order valence-corrected chi connectivity index (χ1v) is 8.03. The summed E-state index contributed by atoms with van der Waals surface area (Å²) in [7, 11) is 0. The fourth-order valence-corrected chi connectivity index (χ4v) is 4.01. The highest BCUT2D eigenvalue weighted by molar-refractivity contribution is 5.96. The van der Waals surface area contributed by atoms with Crippen LogP contribution in [0.25, 0.3) is 0 Å². The fraction of sp³-hybridized carbons (Fsp3) is 0.588. The maximum absolute atomic E-state index is 12.4. The van der Waals surface area contributed by atoms with E-state index in [1.54, 1.807) is 0 Å². The van der Waals surface area contributed by atoms with E-state index in [1.165, 1.54) is 11.1 Å². The summed E-state index contributed by atoms with van der Waals surface area (Å²) in [6, 6.07) is 6.58. The van der Waals surface area contributed by atoms with Gasteiger partial charge in [0.1, 0.15) is 0 Å². The average Bonchev–Trinajstić information content (AvgIpc) is 2.96. The van der Waals surface area contributed by atoms with Crippen molar-refractivity contribution in [2.24, 2.45) is 5.92 Å². The van der Waals surface area contributed by atoms with E-state index in [2.05, 4.69) is 28.8 Å². The molecule has 2 fully saturated rings. The highest BCUT2D eigenvalue weighted by Gasteiger charge is 2.34. The van der Waals surface area contributed by atoms with E-state index in [-0.39, 0.29) is 18.3 Å². The first kappa shape index (κ1) is 15.8. The van der Waals surface area contributed by atoms with E-state index in [9.17, 15) is 4.79 Å². The van der Waals surface area contributed by atoms with Crippen molar-refractivity contribution >= 4 is 18.3 Å². The van der Waals surface area contributed by atoms with Crippen LogP contribution in [-0.4, -0.2) is 38.8 Å². The molecule has 0 aromatic heterocycles. The van der Waals surface area contributed by atoms with Gasteiger partial charge in [-0.2, -0.15) is 0 Å². The van der Waals surface area contributed by atoms with Crippen LogP contribution in [0.4, 0.5) is 0 Å². The maximum Gasteiger partial charge on any atom is 0.251 e. The van der Waals surface area contributed by atoms with Crippen LogP contribution in [0, 0.1) is 5.92 Å². The van der Waals surface area contributed by atoms with Crippen LogP contribution in [0.1, 0.15) is 46.2 Å². The predicted octanol–water partition coefficient (Wildman–Crippen LogP) is 2.05. The molecule has 1 amide bonds. The number of carbonyl (C=O) groups excluding carboxylic acids is 1. The van der Waals surface area contributed by atoms with Crippen molar-refractivity contribution in [1.29, 1.82) is 0 Å². The van der Waals surface area contributed by atoms with Gasteiger partial charge in [-0.25, -0.2) is 0 Å². The lowest BCUT2D eigenvalue weighted by molar-refractivity contribution is 0.0853. The zero-order valence-electron chi connectivity index (χ0n) is 12.6. The molecule has 2 unspecified atom stereocenters. The molecule has 3 heterocycles. The van der Waals surface area contributed by atoms with E-state index in [0.717, 1.165) is 51.3 Å². The summed E-state index contributed by atoms with van der Waals surface area (Å²) in [5.74, 6) is 1.65. The summed E-state index contributed by atoms with van der Waals surface area (Å²) in [6.07, 6.45) is 2.13. The van der Waals surface area contributed by atoms with Gasteiger partial charge in [-0.1, -0.05) is 12.1 Å². The molecule has 22 heavy (non-hydrogen) atoms. The number of benzene rings is 1. The number of ether oxygens (including phenoxy) is 1. The van der Waals surface area contributed by atoms with E-state index in [4.69, 9.17) is 4.74 Å². The van der Waals surface area contributed by atoms with E-state index in [1.807, 2.05) is 0 Å². The van der Waals surface area contributed by atoms with E-state index >= 15 is 0 Å². The smallest absolute Gasteiger partial charge is 0.251 e. The molecule has 4 nitrogen and oxygen atoms in total. The molecule has 2 atom stereocenters. The number of nitrogens with one attached hydrogen (secondary N) is 2. The van der Waals surface area contributed by atoms with Crippen molar-refractivity contribution in [2.75, 3.05) is 32.8 Å². The Kier molecular flexibility index (Phi) is 4.71. The molecule has 3 aliphatic heterocycles. The Labute approximate surface area is 137 Å². The van der Waals surface area contributed by atoms with Gasteiger partial charge in [-0.05, 0) is 41.9 Å². The number of halogens is 1. The van der Waals surface area contributed by atoms with Crippen LogP contribution in [0.5, 0.6) is 0 Å². The van der Waals surface area contributed by atoms with Gasteiger partial charge in [-0.3, -0.25) is 4.79 Å². The largest absolute Gasteiger partial charge is 0.381 e. The Morgan fingerprint density at radius 1 is 1.09 bits per heavy atom. The van der Waals surface area contributed by atoms with Crippen molar-refractivity contribution in [3.8, 4) is 0 Å². The van der Waals surface area contributed by atoms with Gasteiger partial charge < -0.3 is 15.4 Å². The molecule has 0 aliphatic carbocycles. The minimum absolute atomic E-state index is 0. The Morgan fingerprint density at radius 2 is 1.91 bits per heavy atom. The Bertz CT molecular complexity index is 558. The molecule has 4 rings (SSSR count). The van der Waals surface area contributed by atoms with Gasteiger partial charge >= 0.3 is 0 Å². The van der Waals surface area contributed by atoms with Crippen molar-refractivity contribution in [3.05, 3.63) is 34.9 Å². The average molecular weight is 323 g/mol. The van der Waals surface area contributed by atoms with Gasteiger partial charge in [0, 0.05) is 44.3 Å². The monoisotopic (exact) mass is 322 g/mol. The SMILES string of the molecule is Cl.O=C1NCC2CNCC2c2ccc(C3CCOCC3)cc21. The molecule has 5 heteroatoms. The summed E-state index contributed by atoms with van der Waals surface area (Å²) < 4.78 is 5.44. The fourth-order valence-electron chi connectivity index (χ4n) is 4.01. The summed E-state index contributed by atoms with van der Waals surface area (Å²) in [6.45, 7) is 4.46. The second kappa shape index (κ2) is 6.57. The molecule has 0 saturated carbocycles. The van der Waals surface area contributed by atoms with Gasteiger partial charge in [0.05, 0.1) is 0 Å². The zero-order valence-corrected chi connectivity index (χ0v) is 13.5. The van der Waals surface area contributed by atoms with Crippen molar-refractivity contribution in [2.45, 2.75) is 24.7 Å². The highest BCUT2D eigenvalue weighted by Crippen LogP contribution is 2.35. The second-order valence-electron chi connectivity index (χ2n) is 6.47. The zero-order chi connectivity index (χ0) is 14.2. The first-order chi connectivity index (χ1) is 10.3. The third kappa shape index (κ3) is 2.75. The number of carbonyl (C=O) groups is 1. The molecule has 0 bridgehead atoms. The minimum Gasteiger partial charge on any atom is -0.381 e. The lowest BCUT2D eigenvalue weighted by atomic mass is 9.84. The third-order valence-electron chi connectivity index (χ3n) is 5.28. The van der Waals surface area contributed by atoms with Crippen LogP contribution in [0.3, 0.4) is 0 Å². The standard InChI is InChI=1S/C17H22N2O2.ClH/c20-17-15-7-12(11-3-5-21-6-4-11)1-2-14(15)16-10-18-8-13(16)9-19-17;/h1-2,7,11,13,16,18H,3-6,8-10H2,(H,19,20);1H. The number of rotatable bonds is 1. The minimum atomic E-state index is 0. The topological polar surface area (TPSA) is 50.4 Å². The Hall–Kier alpha value is -1.10. The highest BCUT2D eigenvalue weighted by atomic mass is 35.5. The van der Waals surface area contributed by atoms with Crippen LogP contribution >= 0.6 is 12.4 Å². The van der Waals surface area contributed by atoms with Gasteiger partial charge in [0.15, 0.2) is 0 Å². The molecular formula is C17H23ClN2O2. The molecule has 1 aromatic carbocycles. The summed E-state index contributed by atoms with van der Waals surface area (Å²) in [5.41, 5.74) is 3.43. The summed E-state index contributed by atoms with van der Waals surface area (Å²) in [4.78, 5) is 12.4. The quantitative estimate of drug-likeness (QED) is 0.832. The van der Waals surface area contributed by atoms with Crippen molar-refractivity contribution in [3.63, 3.8) is 0 Å². The van der Waals surface area contributed by atoms with Crippen LogP contribution in [0.2, 0.25) is 0 Å². The van der Waals surface area contributed by atoms with Crippen LogP contribution in [0.15, 0.2) is 18.2 Å². The van der Waals surface area contributed by atoms with Gasteiger partial charge in [0.2, 0.25) is 0 Å². The number of hydrogen-bond acceptors (Lipinski definition) is 3. The normalized spacial score (nSPS) is 28.1. The van der Waals surface area contributed by atoms with Gasteiger partial charge in [0.25, 0.3) is 5.91 Å². The lowest BCUT2D eigenvalue weighted by Crippen LogP contribution is -2.28. The van der Waals surface area contributed by atoms with E-state index < -0.39 is 0 Å². The van der Waals surface area contributed by atoms with Crippen molar-refractivity contribution in [1.82, 2.24) is 10.6 Å². The Balaban J connectivity index is 0.00000144. The molecule has 2 N–H and O–H groups in total. The number of hydrogen-bond donors (Lipinski definition) is 2. The molecule has 120 valence electrons. The van der Waals surface area contributed by atoms with Crippen molar-refractivity contribution < 1.29 is 9.53 Å². The molecule has 1 aromatic rings. The first-order valence-electron chi connectivity index (χ1n) is 8.03. The summed E-state index contributed by atoms with van der Waals surface area (Å²) in [5, 5.41) is 6.56. The molecule has 0 radical (unpaired) electrons. The number of fused-ring (bicyclic) bond motifs is 3. The second-order valence-corrected chi connectivity index (χ2v) is 6.47. The maximum atomic E-state index is 12.4.